The monoisotopic (exact) mass is 292 g/mol. The number of hydrogen-bond donors (Lipinski definition) is 3. The van der Waals surface area contributed by atoms with E-state index in [-0.39, 0.29) is 18.6 Å². The van der Waals surface area contributed by atoms with Crippen LogP contribution in [0.2, 0.25) is 0 Å². The summed E-state index contributed by atoms with van der Waals surface area (Å²) in [6, 6.07) is 8.39. The molecule has 0 bridgehead atoms. The van der Waals surface area contributed by atoms with E-state index in [0.717, 1.165) is 5.39 Å². The molecule has 1 aromatic carbocycles. The average Bonchev–Trinajstić information content (AvgIpc) is 2.47. The zero-order valence-corrected chi connectivity index (χ0v) is 11.4. The summed E-state index contributed by atoms with van der Waals surface area (Å²) in [5, 5.41) is 21.3. The van der Waals surface area contributed by atoms with Gasteiger partial charge in [0.05, 0.1) is 25.3 Å². The number of rotatable bonds is 5. The molecule has 0 aliphatic carbocycles. The first-order valence-electron chi connectivity index (χ1n) is 6.33. The standard InChI is InChI=1S/C14H16N2O5/c1-21-11-4-2-9-3-5-13(18)16(12(9)6-11)8-10(17)7-15-14(19)20/h2-6,10,15,17H,7-8H2,1H3,(H,19,20)/t10-/m1/s1. The van der Waals surface area contributed by atoms with E-state index in [9.17, 15) is 14.7 Å². The molecule has 3 N–H and O–H groups in total. The van der Waals surface area contributed by atoms with Crippen molar-refractivity contribution in [2.75, 3.05) is 13.7 Å². The third-order valence-electron chi connectivity index (χ3n) is 3.08. The van der Waals surface area contributed by atoms with Crippen LogP contribution in [0.3, 0.4) is 0 Å². The SMILES string of the molecule is COc1ccc2ccc(=O)n(C[C@H](O)CNC(=O)O)c2c1. The number of methoxy groups -OCH3 is 1. The lowest BCUT2D eigenvalue weighted by Crippen LogP contribution is -2.35. The van der Waals surface area contributed by atoms with E-state index in [1.807, 2.05) is 6.07 Å². The first kappa shape index (κ1) is 14.9. The van der Waals surface area contributed by atoms with Crippen molar-refractivity contribution in [1.82, 2.24) is 9.88 Å². The zero-order valence-electron chi connectivity index (χ0n) is 11.4. The predicted octanol–water partition coefficient (Wildman–Crippen LogP) is 0.639. The van der Waals surface area contributed by atoms with Crippen molar-refractivity contribution >= 4 is 17.0 Å². The normalized spacial score (nSPS) is 12.1. The number of nitrogens with one attached hydrogen (secondary N) is 1. The Morgan fingerprint density at radius 2 is 2.10 bits per heavy atom. The van der Waals surface area contributed by atoms with E-state index in [0.29, 0.717) is 11.3 Å². The highest BCUT2D eigenvalue weighted by molar-refractivity contribution is 5.80. The van der Waals surface area contributed by atoms with Crippen LogP contribution in [-0.2, 0) is 6.54 Å². The van der Waals surface area contributed by atoms with Crippen molar-refractivity contribution in [3.05, 3.63) is 40.7 Å². The third kappa shape index (κ3) is 3.51. The molecule has 21 heavy (non-hydrogen) atoms. The van der Waals surface area contributed by atoms with Crippen molar-refractivity contribution in [1.29, 1.82) is 0 Å². The number of carbonyl (C=O) groups is 1. The Labute approximate surface area is 120 Å². The van der Waals surface area contributed by atoms with E-state index < -0.39 is 12.2 Å². The number of pyridine rings is 1. The largest absolute Gasteiger partial charge is 0.497 e. The maximum atomic E-state index is 12.0. The van der Waals surface area contributed by atoms with Crippen LogP contribution in [0.4, 0.5) is 4.79 Å². The topological polar surface area (TPSA) is 101 Å². The van der Waals surface area contributed by atoms with Crippen molar-refractivity contribution in [3.8, 4) is 5.75 Å². The van der Waals surface area contributed by atoms with Crippen LogP contribution in [0.1, 0.15) is 0 Å². The van der Waals surface area contributed by atoms with Gasteiger partial charge in [-0.1, -0.05) is 0 Å². The second kappa shape index (κ2) is 6.27. The van der Waals surface area contributed by atoms with E-state index in [4.69, 9.17) is 9.84 Å². The van der Waals surface area contributed by atoms with Gasteiger partial charge in [0.1, 0.15) is 5.75 Å². The van der Waals surface area contributed by atoms with Crippen LogP contribution >= 0.6 is 0 Å². The second-order valence-corrected chi connectivity index (χ2v) is 4.55. The molecule has 0 unspecified atom stereocenters. The zero-order chi connectivity index (χ0) is 15.4. The van der Waals surface area contributed by atoms with Crippen molar-refractivity contribution in [2.45, 2.75) is 12.6 Å². The summed E-state index contributed by atoms with van der Waals surface area (Å²) in [6.07, 6.45) is -2.23. The number of fused-ring (bicyclic) bond motifs is 1. The van der Waals surface area contributed by atoms with E-state index in [1.54, 1.807) is 18.2 Å². The Balaban J connectivity index is 2.35. The van der Waals surface area contributed by atoms with Gasteiger partial charge in [0.25, 0.3) is 5.56 Å². The van der Waals surface area contributed by atoms with Crippen molar-refractivity contribution < 1.29 is 19.7 Å². The highest BCUT2D eigenvalue weighted by atomic mass is 16.5. The van der Waals surface area contributed by atoms with Crippen LogP contribution < -0.4 is 15.6 Å². The van der Waals surface area contributed by atoms with Crippen molar-refractivity contribution in [3.63, 3.8) is 0 Å². The molecule has 112 valence electrons. The molecule has 2 rings (SSSR count). The van der Waals surface area contributed by atoms with Crippen molar-refractivity contribution in [2.24, 2.45) is 0 Å². The second-order valence-electron chi connectivity index (χ2n) is 4.55. The van der Waals surface area contributed by atoms with E-state index >= 15 is 0 Å². The first-order valence-corrected chi connectivity index (χ1v) is 6.33. The lowest BCUT2D eigenvalue weighted by Gasteiger charge is -2.15. The van der Waals surface area contributed by atoms with Gasteiger partial charge in [0, 0.05) is 18.7 Å². The quantitative estimate of drug-likeness (QED) is 0.750. The maximum absolute atomic E-state index is 12.0. The summed E-state index contributed by atoms with van der Waals surface area (Å²) in [4.78, 5) is 22.4. The molecule has 0 spiro atoms. The van der Waals surface area contributed by atoms with E-state index in [1.165, 1.54) is 17.7 Å². The lowest BCUT2D eigenvalue weighted by molar-refractivity contribution is 0.143. The summed E-state index contributed by atoms with van der Waals surface area (Å²) in [6.45, 7) is -0.161. The number of aliphatic hydroxyl groups excluding tert-OH is 1. The molecule has 7 heteroatoms. The minimum atomic E-state index is -1.22. The predicted molar refractivity (Wildman–Crippen MR) is 76.8 cm³/mol. The average molecular weight is 292 g/mol. The van der Waals surface area contributed by atoms with Gasteiger partial charge >= 0.3 is 6.09 Å². The molecular weight excluding hydrogens is 276 g/mol. The van der Waals surface area contributed by atoms with Crippen LogP contribution in [-0.4, -0.2) is 40.6 Å². The number of nitrogens with zero attached hydrogens (tertiary/aromatic N) is 1. The van der Waals surface area contributed by atoms with Crippen LogP contribution in [0, 0.1) is 0 Å². The van der Waals surface area contributed by atoms with Gasteiger partial charge in [-0.15, -0.1) is 0 Å². The molecule has 1 aromatic heterocycles. The summed E-state index contributed by atoms with van der Waals surface area (Å²) in [7, 11) is 1.53. The van der Waals surface area contributed by atoms with Crippen LogP contribution in [0.5, 0.6) is 5.75 Å². The molecule has 7 nitrogen and oxygen atoms in total. The third-order valence-corrected chi connectivity index (χ3v) is 3.08. The van der Waals surface area contributed by atoms with Gasteiger partial charge in [-0.3, -0.25) is 4.79 Å². The lowest BCUT2D eigenvalue weighted by atomic mass is 10.2. The van der Waals surface area contributed by atoms with Gasteiger partial charge in [-0.2, -0.15) is 0 Å². The Morgan fingerprint density at radius 1 is 1.38 bits per heavy atom. The van der Waals surface area contributed by atoms with Gasteiger partial charge in [-0.05, 0) is 23.6 Å². The molecule has 1 heterocycles. The minimum absolute atomic E-state index is 0.0103. The summed E-state index contributed by atoms with van der Waals surface area (Å²) < 4.78 is 6.53. The number of carboxylic acid groups (broad SMARTS) is 1. The fourth-order valence-corrected chi connectivity index (χ4v) is 2.06. The highest BCUT2D eigenvalue weighted by Crippen LogP contribution is 2.19. The smallest absolute Gasteiger partial charge is 0.404 e. The first-order chi connectivity index (χ1) is 10.0. The number of benzene rings is 1. The Kier molecular flexibility index (Phi) is 4.44. The van der Waals surface area contributed by atoms with Crippen LogP contribution in [0.15, 0.2) is 35.1 Å². The summed E-state index contributed by atoms with van der Waals surface area (Å²) in [5.41, 5.74) is 0.348. The maximum Gasteiger partial charge on any atom is 0.404 e. The highest BCUT2D eigenvalue weighted by Gasteiger charge is 2.11. The molecule has 1 atom stereocenters. The molecule has 0 saturated carbocycles. The number of aliphatic hydroxyl groups is 1. The Morgan fingerprint density at radius 3 is 2.76 bits per heavy atom. The molecule has 0 fully saturated rings. The van der Waals surface area contributed by atoms with Crippen LogP contribution in [0.25, 0.3) is 10.9 Å². The molecule has 0 aliphatic heterocycles. The van der Waals surface area contributed by atoms with Gasteiger partial charge in [-0.25, -0.2) is 4.79 Å². The Bertz CT molecular complexity index is 710. The van der Waals surface area contributed by atoms with Gasteiger partial charge in [0.15, 0.2) is 0 Å². The molecule has 0 aliphatic rings. The number of aromatic nitrogens is 1. The molecular formula is C14H16N2O5. The fourth-order valence-electron chi connectivity index (χ4n) is 2.06. The number of hydrogen-bond acceptors (Lipinski definition) is 4. The molecule has 1 amide bonds. The summed E-state index contributed by atoms with van der Waals surface area (Å²) >= 11 is 0. The molecule has 2 aromatic rings. The number of amides is 1. The molecule has 0 radical (unpaired) electrons. The minimum Gasteiger partial charge on any atom is -0.497 e. The summed E-state index contributed by atoms with van der Waals surface area (Å²) in [5.74, 6) is 0.597. The molecule has 0 saturated heterocycles. The van der Waals surface area contributed by atoms with Gasteiger partial charge < -0.3 is 24.8 Å². The Hall–Kier alpha value is -2.54. The van der Waals surface area contributed by atoms with E-state index in [2.05, 4.69) is 5.32 Å². The fraction of sp³-hybridized carbons (Fsp3) is 0.286. The number of ether oxygens (including phenoxy) is 1. The van der Waals surface area contributed by atoms with Gasteiger partial charge in [0.2, 0.25) is 0 Å².